The highest BCUT2D eigenvalue weighted by atomic mass is 32.2. The van der Waals surface area contributed by atoms with Gasteiger partial charge in [0.25, 0.3) is 0 Å². The smallest absolute Gasteiger partial charge is 0.406 e. The molecule has 2 aromatic heterocycles. The van der Waals surface area contributed by atoms with Crippen LogP contribution in [0.3, 0.4) is 0 Å². The Bertz CT molecular complexity index is 1710. The molecular weight excluding hydrogens is 609 g/mol. The Balaban J connectivity index is 1.20. The summed E-state index contributed by atoms with van der Waals surface area (Å²) in [6.07, 6.45) is -0.0114. The Labute approximate surface area is 261 Å². The number of hydrogen-bond acceptors (Lipinski definition) is 8. The Morgan fingerprint density at radius 3 is 2.60 bits per heavy atom. The molecule has 0 bridgehead atoms. The molecule has 0 spiro atoms. The maximum Gasteiger partial charge on any atom is 0.573 e. The van der Waals surface area contributed by atoms with Crippen LogP contribution in [-0.4, -0.2) is 56.0 Å². The number of alkyl halides is 3. The molecule has 3 amide bonds. The number of amides is 3. The molecule has 11 nitrogen and oxygen atoms in total. The van der Waals surface area contributed by atoms with Crippen LogP contribution in [0.5, 0.6) is 5.75 Å². The van der Waals surface area contributed by atoms with Gasteiger partial charge in [0.05, 0.1) is 17.1 Å². The summed E-state index contributed by atoms with van der Waals surface area (Å²) in [6.45, 7) is 4.41. The number of rotatable bonds is 9. The number of amidine groups is 1. The largest absolute Gasteiger partial charge is 0.573 e. The molecule has 1 saturated heterocycles. The molecule has 0 aliphatic carbocycles. The van der Waals surface area contributed by atoms with Gasteiger partial charge in [0.1, 0.15) is 17.9 Å². The zero-order valence-corrected chi connectivity index (χ0v) is 25.4. The van der Waals surface area contributed by atoms with E-state index in [4.69, 9.17) is 0 Å². The molecule has 1 aliphatic heterocycles. The van der Waals surface area contributed by atoms with Gasteiger partial charge in [0.2, 0.25) is 11.9 Å². The van der Waals surface area contributed by atoms with Gasteiger partial charge >= 0.3 is 12.4 Å². The van der Waals surface area contributed by atoms with E-state index in [2.05, 4.69) is 37.0 Å². The van der Waals surface area contributed by atoms with Crippen LogP contribution in [0.4, 0.5) is 35.4 Å². The number of ether oxygens (including phenoxy) is 1. The maximum absolute atomic E-state index is 12.8. The number of anilines is 3. The van der Waals surface area contributed by atoms with Gasteiger partial charge in [-0.15, -0.1) is 18.3 Å². The number of hydrogen-bond donors (Lipinski definition) is 1. The van der Waals surface area contributed by atoms with E-state index < -0.39 is 12.4 Å². The van der Waals surface area contributed by atoms with Gasteiger partial charge in [-0.3, -0.25) is 15.0 Å². The number of pyridine rings is 1. The lowest BCUT2D eigenvalue weighted by Gasteiger charge is -2.20. The molecule has 3 heterocycles. The van der Waals surface area contributed by atoms with E-state index in [-0.39, 0.29) is 17.4 Å². The van der Waals surface area contributed by atoms with E-state index in [0.29, 0.717) is 29.2 Å². The first kappa shape index (κ1) is 31.5. The lowest BCUT2D eigenvalue weighted by molar-refractivity contribution is -0.274. The number of aryl methyl sites for hydroxylation is 2. The van der Waals surface area contributed by atoms with Gasteiger partial charge in [-0.05, 0) is 66.4 Å². The molecule has 0 unspecified atom stereocenters. The SMILES string of the molecule is CCCc1ccc(C)cc1N1C(=O)CSC1=NC(=O)Nc1ccc(CN(C)c2ncn(-c3ccc(OC(F)(F)F)cc3)n2)cn1. The Morgan fingerprint density at radius 2 is 1.91 bits per heavy atom. The number of thioether (sulfide) groups is 1. The van der Waals surface area contributed by atoms with Crippen LogP contribution in [0.25, 0.3) is 5.69 Å². The number of carbonyl (C=O) groups is 2. The minimum atomic E-state index is -4.77. The number of nitrogens with one attached hydrogen (secondary N) is 1. The maximum atomic E-state index is 12.8. The second-order valence-corrected chi connectivity index (χ2v) is 11.1. The van der Waals surface area contributed by atoms with Crippen molar-refractivity contribution in [3.63, 3.8) is 0 Å². The average molecular weight is 639 g/mol. The van der Waals surface area contributed by atoms with Crippen LogP contribution in [-0.2, 0) is 17.8 Å². The van der Waals surface area contributed by atoms with Gasteiger partial charge in [-0.1, -0.05) is 43.3 Å². The van der Waals surface area contributed by atoms with Crippen molar-refractivity contribution in [3.8, 4) is 11.4 Å². The molecule has 1 fully saturated rings. The fourth-order valence-corrected chi connectivity index (χ4v) is 5.42. The number of benzene rings is 2. The monoisotopic (exact) mass is 638 g/mol. The van der Waals surface area contributed by atoms with Gasteiger partial charge in [0, 0.05) is 19.8 Å². The summed E-state index contributed by atoms with van der Waals surface area (Å²) in [5.41, 5.74) is 4.08. The standard InChI is InChI=1S/C30H29F3N8O3S/c1-4-5-21-8-6-19(2)14-24(21)41-26(42)17-45-29(41)37-28(43)36-25-13-7-20(15-34-25)16-39(3)27-35-18-40(38-27)22-9-11-23(12-10-22)44-30(31,32)33/h6-15,18H,4-5,16-17H2,1-3H3,(H,34,36,43). The Morgan fingerprint density at radius 1 is 1.13 bits per heavy atom. The number of aliphatic imine (C=N–C) groups is 1. The first-order valence-corrected chi connectivity index (χ1v) is 14.9. The summed E-state index contributed by atoms with van der Waals surface area (Å²) < 4.78 is 42.6. The molecule has 45 heavy (non-hydrogen) atoms. The quantitative estimate of drug-likeness (QED) is 0.233. The van der Waals surface area contributed by atoms with E-state index in [0.717, 1.165) is 35.2 Å². The van der Waals surface area contributed by atoms with Crippen LogP contribution < -0.4 is 19.9 Å². The zero-order valence-electron chi connectivity index (χ0n) is 24.6. The third-order valence-corrected chi connectivity index (χ3v) is 7.52. The summed E-state index contributed by atoms with van der Waals surface area (Å²) in [6, 6.07) is 14.0. The number of halogens is 3. The van der Waals surface area contributed by atoms with Crippen molar-refractivity contribution in [1.29, 1.82) is 0 Å². The lowest BCUT2D eigenvalue weighted by Crippen LogP contribution is -2.31. The van der Waals surface area contributed by atoms with Crippen molar-refractivity contribution in [2.45, 2.75) is 39.6 Å². The van der Waals surface area contributed by atoms with E-state index in [1.165, 1.54) is 51.9 Å². The molecule has 234 valence electrons. The molecule has 4 aromatic rings. The predicted molar refractivity (Wildman–Crippen MR) is 166 cm³/mol. The molecule has 1 N–H and O–H groups in total. The van der Waals surface area contributed by atoms with Crippen LogP contribution in [0.2, 0.25) is 0 Å². The number of urea groups is 1. The Kier molecular flexibility index (Phi) is 9.37. The van der Waals surface area contributed by atoms with Crippen LogP contribution in [0.15, 0.2) is 72.1 Å². The summed E-state index contributed by atoms with van der Waals surface area (Å²) >= 11 is 1.21. The molecular formula is C30H29F3N8O3S. The van der Waals surface area contributed by atoms with Crippen molar-refractivity contribution >= 4 is 46.3 Å². The second kappa shape index (κ2) is 13.4. The van der Waals surface area contributed by atoms with Crippen LogP contribution in [0.1, 0.15) is 30.0 Å². The van der Waals surface area contributed by atoms with Crippen molar-refractivity contribution in [1.82, 2.24) is 19.7 Å². The summed E-state index contributed by atoms with van der Waals surface area (Å²) in [4.78, 5) is 41.6. The minimum Gasteiger partial charge on any atom is -0.406 e. The first-order valence-electron chi connectivity index (χ1n) is 13.9. The highest BCUT2D eigenvalue weighted by Crippen LogP contribution is 2.31. The van der Waals surface area contributed by atoms with Crippen molar-refractivity contribution in [2.24, 2.45) is 4.99 Å². The summed E-state index contributed by atoms with van der Waals surface area (Å²) in [7, 11) is 1.78. The molecule has 0 radical (unpaired) electrons. The first-order chi connectivity index (χ1) is 21.5. The van der Waals surface area contributed by atoms with Crippen molar-refractivity contribution in [3.05, 3.63) is 83.8 Å². The van der Waals surface area contributed by atoms with Gasteiger partial charge < -0.3 is 9.64 Å². The molecule has 1 aliphatic rings. The molecule has 0 atom stereocenters. The number of carbonyl (C=O) groups excluding carboxylic acids is 2. The number of aromatic nitrogens is 4. The lowest BCUT2D eigenvalue weighted by atomic mass is 10.0. The van der Waals surface area contributed by atoms with E-state index in [9.17, 15) is 22.8 Å². The molecule has 0 saturated carbocycles. The molecule has 5 rings (SSSR count). The van der Waals surface area contributed by atoms with E-state index in [1.54, 1.807) is 30.3 Å². The number of nitrogens with zero attached hydrogens (tertiary/aromatic N) is 7. The van der Waals surface area contributed by atoms with E-state index >= 15 is 0 Å². The van der Waals surface area contributed by atoms with Crippen molar-refractivity contribution in [2.75, 3.05) is 27.9 Å². The Hall–Kier alpha value is -4.92. The third-order valence-electron chi connectivity index (χ3n) is 6.60. The summed E-state index contributed by atoms with van der Waals surface area (Å²) in [5, 5.41) is 7.36. The van der Waals surface area contributed by atoms with E-state index in [1.807, 2.05) is 25.1 Å². The molecule has 15 heteroatoms. The van der Waals surface area contributed by atoms with Gasteiger partial charge in [-0.25, -0.2) is 14.5 Å². The van der Waals surface area contributed by atoms with Crippen LogP contribution in [0, 0.1) is 6.92 Å². The predicted octanol–water partition coefficient (Wildman–Crippen LogP) is 6.13. The zero-order chi connectivity index (χ0) is 32.1. The second-order valence-electron chi connectivity index (χ2n) is 10.2. The van der Waals surface area contributed by atoms with Crippen LogP contribution >= 0.6 is 11.8 Å². The fraction of sp³-hybridized carbons (Fsp3) is 0.267. The summed E-state index contributed by atoms with van der Waals surface area (Å²) in [5.74, 6) is 0.402. The highest BCUT2D eigenvalue weighted by molar-refractivity contribution is 8.15. The fourth-order valence-electron chi connectivity index (χ4n) is 4.56. The highest BCUT2D eigenvalue weighted by Gasteiger charge is 2.32. The minimum absolute atomic E-state index is 0.131. The molecule has 2 aromatic carbocycles. The third kappa shape index (κ3) is 7.98. The average Bonchev–Trinajstić information content (AvgIpc) is 3.62. The topological polar surface area (TPSA) is 118 Å². The van der Waals surface area contributed by atoms with Crippen molar-refractivity contribution < 1.29 is 27.5 Å². The van der Waals surface area contributed by atoms with Gasteiger partial charge in [-0.2, -0.15) is 9.98 Å². The van der Waals surface area contributed by atoms with Gasteiger partial charge in [0.15, 0.2) is 5.17 Å². The normalized spacial score (nSPS) is 14.2.